The van der Waals surface area contributed by atoms with Gasteiger partial charge in [-0.2, -0.15) is 24.4 Å². The van der Waals surface area contributed by atoms with Gasteiger partial charge < -0.3 is 11.1 Å². The van der Waals surface area contributed by atoms with Gasteiger partial charge in [0.15, 0.2) is 0 Å². The van der Waals surface area contributed by atoms with E-state index in [-0.39, 0.29) is 34.6 Å². The number of anilines is 1. The van der Waals surface area contributed by atoms with Crippen molar-refractivity contribution >= 4 is 39.9 Å². The van der Waals surface area contributed by atoms with Crippen molar-refractivity contribution in [1.82, 2.24) is 15.7 Å². The van der Waals surface area contributed by atoms with E-state index in [2.05, 4.69) is 26.3 Å². The second kappa shape index (κ2) is 15.6. The van der Waals surface area contributed by atoms with Gasteiger partial charge in [-0.15, -0.1) is 0 Å². The first-order valence-electron chi connectivity index (χ1n) is 12.5. The summed E-state index contributed by atoms with van der Waals surface area (Å²) in [6.45, 7) is 4.36. The van der Waals surface area contributed by atoms with E-state index in [0.29, 0.717) is 49.5 Å². The summed E-state index contributed by atoms with van der Waals surface area (Å²) in [6, 6.07) is 8.31. The number of carbonyl (C=O) groups is 3. The highest BCUT2D eigenvalue weighted by atomic mass is 32.2. The third-order valence-corrected chi connectivity index (χ3v) is 6.37. The standard InChI is InChI=1S/C25H35N7O6S/c1-17(2)14-20(26)25(35)32-31-23(33)10-4-3-7-13-27-24(34)19-11-12-22(28-15-19)30-29-16-18-8-5-6-9-21(18)39(36,37)38/h5-6,8-9,11-12,15-17,20H,3-4,7,10,13-14,26H2,1-2H3,(H,27,34)(H,28,30)(H,31,33)(H,32,35)(H,36,37,38)/p+1/b29-16+/t20-/m1/s1. The summed E-state index contributed by atoms with van der Waals surface area (Å²) < 4.78 is 32.1. The summed E-state index contributed by atoms with van der Waals surface area (Å²) in [5.74, 6) is -0.238. The number of quaternary nitrogens is 1. The number of nitrogens with two attached hydrogens (primary N) is 2. The lowest BCUT2D eigenvalue weighted by atomic mass is 10.0. The second-order valence-corrected chi connectivity index (χ2v) is 10.6. The highest BCUT2D eigenvalue weighted by molar-refractivity contribution is 7.86. The van der Waals surface area contributed by atoms with Crippen LogP contribution < -0.4 is 27.3 Å². The number of nitrogens with zero attached hydrogens (tertiary/aromatic N) is 2. The molecule has 1 heterocycles. The maximum absolute atomic E-state index is 12.3. The molecule has 2 aromatic rings. The van der Waals surface area contributed by atoms with Gasteiger partial charge in [0, 0.05) is 24.7 Å². The molecule has 0 unspecified atom stereocenters. The molecule has 14 heteroatoms. The molecule has 0 fully saturated rings. The number of hydrazone groups is 1. The number of rotatable bonds is 14. The van der Waals surface area contributed by atoms with E-state index in [1.54, 1.807) is 12.1 Å². The molecular formula is C25H36N7O6S+. The fraction of sp³-hybridized carbons (Fsp3) is 0.400. The SMILES string of the molecule is CC(C)C[C@@H](N)C(=O)[NH2+]NC(=O)CCCCCNC(=O)c1ccc(N/N=C/c2ccccc2S(=O)(=O)O)nc1. The van der Waals surface area contributed by atoms with Crippen LogP contribution in [0.15, 0.2) is 52.6 Å². The number of primary amides is 1. The predicted molar refractivity (Wildman–Crippen MR) is 145 cm³/mol. The Labute approximate surface area is 227 Å². The number of hydrogen-bond donors (Lipinski definition) is 6. The van der Waals surface area contributed by atoms with Crippen molar-refractivity contribution in [2.24, 2.45) is 16.8 Å². The highest BCUT2D eigenvalue weighted by Crippen LogP contribution is 2.13. The second-order valence-electron chi connectivity index (χ2n) is 9.23. The van der Waals surface area contributed by atoms with Crippen LogP contribution >= 0.6 is 0 Å². The van der Waals surface area contributed by atoms with Gasteiger partial charge in [-0.1, -0.05) is 38.5 Å². The zero-order valence-electron chi connectivity index (χ0n) is 22.0. The smallest absolute Gasteiger partial charge is 0.351 e. The molecular weight excluding hydrogens is 526 g/mol. The number of pyridine rings is 1. The van der Waals surface area contributed by atoms with Gasteiger partial charge in [-0.05, 0) is 43.4 Å². The van der Waals surface area contributed by atoms with Gasteiger partial charge in [-0.3, -0.25) is 19.6 Å². The van der Waals surface area contributed by atoms with Crippen LogP contribution in [-0.4, -0.2) is 54.5 Å². The van der Waals surface area contributed by atoms with Crippen LogP contribution in [-0.2, 0) is 19.7 Å². The van der Waals surface area contributed by atoms with E-state index < -0.39 is 16.2 Å². The monoisotopic (exact) mass is 562 g/mol. The Morgan fingerprint density at radius 2 is 1.87 bits per heavy atom. The summed E-state index contributed by atoms with van der Waals surface area (Å²) >= 11 is 0. The van der Waals surface area contributed by atoms with Crippen LogP contribution in [0.5, 0.6) is 0 Å². The molecule has 0 aliphatic rings. The van der Waals surface area contributed by atoms with E-state index in [9.17, 15) is 27.4 Å². The Kier molecular flexibility index (Phi) is 12.6. The average molecular weight is 563 g/mol. The van der Waals surface area contributed by atoms with Crippen LogP contribution in [0.3, 0.4) is 0 Å². The topological polar surface area (TPSA) is 210 Å². The third-order valence-electron chi connectivity index (χ3n) is 5.44. The van der Waals surface area contributed by atoms with Crippen molar-refractivity contribution in [3.8, 4) is 0 Å². The fourth-order valence-electron chi connectivity index (χ4n) is 3.43. The predicted octanol–water partition coefficient (Wildman–Crippen LogP) is 0.559. The largest absolute Gasteiger partial charge is 0.352 e. The third kappa shape index (κ3) is 11.7. The molecule has 8 N–H and O–H groups in total. The zero-order chi connectivity index (χ0) is 28.8. The van der Waals surface area contributed by atoms with Gasteiger partial charge >= 0.3 is 5.91 Å². The molecule has 1 aromatic carbocycles. The molecule has 0 saturated heterocycles. The van der Waals surface area contributed by atoms with Crippen molar-refractivity contribution in [2.75, 3.05) is 12.0 Å². The van der Waals surface area contributed by atoms with Crippen LogP contribution in [0.1, 0.15) is 61.9 Å². The Hall–Kier alpha value is -3.72. The van der Waals surface area contributed by atoms with E-state index in [4.69, 9.17) is 5.73 Å². The number of amides is 3. The summed E-state index contributed by atoms with van der Waals surface area (Å²) in [7, 11) is -4.39. The molecule has 39 heavy (non-hydrogen) atoms. The summed E-state index contributed by atoms with van der Waals surface area (Å²) in [4.78, 5) is 39.9. The van der Waals surface area contributed by atoms with Crippen LogP contribution in [0.25, 0.3) is 0 Å². The Bertz CT molecular complexity index is 1250. The van der Waals surface area contributed by atoms with Crippen molar-refractivity contribution < 1.29 is 32.8 Å². The van der Waals surface area contributed by atoms with Gasteiger partial charge in [0.1, 0.15) is 16.8 Å². The number of aromatic nitrogens is 1. The Morgan fingerprint density at radius 3 is 2.54 bits per heavy atom. The van der Waals surface area contributed by atoms with Crippen molar-refractivity contribution in [3.05, 3.63) is 53.7 Å². The maximum atomic E-state index is 12.3. The first-order valence-corrected chi connectivity index (χ1v) is 13.9. The van der Waals surface area contributed by atoms with Crippen molar-refractivity contribution in [3.63, 3.8) is 0 Å². The van der Waals surface area contributed by atoms with Gasteiger partial charge in [-0.25, -0.2) is 9.78 Å². The van der Waals surface area contributed by atoms with E-state index >= 15 is 0 Å². The molecule has 1 atom stereocenters. The lowest BCUT2D eigenvalue weighted by Gasteiger charge is -2.10. The number of benzene rings is 1. The molecule has 2 rings (SSSR count). The van der Waals surface area contributed by atoms with E-state index in [1.165, 1.54) is 36.7 Å². The first-order chi connectivity index (χ1) is 18.5. The van der Waals surface area contributed by atoms with Gasteiger partial charge in [0.25, 0.3) is 21.9 Å². The van der Waals surface area contributed by atoms with E-state index in [1.807, 2.05) is 13.8 Å². The Morgan fingerprint density at radius 1 is 1.13 bits per heavy atom. The minimum Gasteiger partial charge on any atom is -0.352 e. The highest BCUT2D eigenvalue weighted by Gasteiger charge is 2.19. The van der Waals surface area contributed by atoms with Crippen LogP contribution in [0, 0.1) is 5.92 Å². The van der Waals surface area contributed by atoms with Crippen molar-refractivity contribution in [1.29, 1.82) is 0 Å². The fourth-order valence-corrected chi connectivity index (χ4v) is 4.10. The minimum absolute atomic E-state index is 0.194. The quantitative estimate of drug-likeness (QED) is 0.0474. The lowest BCUT2D eigenvalue weighted by Crippen LogP contribution is -2.99. The average Bonchev–Trinajstić information content (AvgIpc) is 2.88. The van der Waals surface area contributed by atoms with Crippen molar-refractivity contribution in [2.45, 2.75) is 56.9 Å². The van der Waals surface area contributed by atoms with Gasteiger partial charge in [0.2, 0.25) is 0 Å². The number of carbonyl (C=O) groups excluding carboxylic acids is 3. The van der Waals surface area contributed by atoms with Crippen LogP contribution in [0.2, 0.25) is 0 Å². The normalized spacial score (nSPS) is 12.3. The first kappa shape index (κ1) is 31.5. The summed E-state index contributed by atoms with van der Waals surface area (Å²) in [6.07, 6.45) is 5.42. The summed E-state index contributed by atoms with van der Waals surface area (Å²) in [5, 5.41) is 6.71. The number of hydrogen-bond acceptors (Lipinski definition) is 9. The molecule has 3 amide bonds. The lowest BCUT2D eigenvalue weighted by molar-refractivity contribution is -0.615. The molecule has 0 aliphatic heterocycles. The molecule has 0 bridgehead atoms. The van der Waals surface area contributed by atoms with Gasteiger partial charge in [0.05, 0.1) is 11.8 Å². The van der Waals surface area contributed by atoms with Crippen LogP contribution in [0.4, 0.5) is 5.82 Å². The Balaban J connectivity index is 1.66. The molecule has 0 aliphatic carbocycles. The summed E-state index contributed by atoms with van der Waals surface area (Å²) in [5.41, 5.74) is 12.6. The molecule has 0 radical (unpaired) electrons. The molecule has 212 valence electrons. The minimum atomic E-state index is -4.39. The van der Waals surface area contributed by atoms with E-state index in [0.717, 1.165) is 5.43 Å². The maximum Gasteiger partial charge on any atom is 0.351 e. The molecule has 0 spiro atoms. The number of nitrogens with one attached hydrogen (secondary N) is 3. The number of unbranched alkanes of at least 4 members (excludes halogenated alkanes) is 2. The molecule has 0 saturated carbocycles. The molecule has 1 aromatic heterocycles. The zero-order valence-corrected chi connectivity index (χ0v) is 22.8. The molecule has 13 nitrogen and oxygen atoms in total.